The van der Waals surface area contributed by atoms with Crippen LogP contribution in [0.2, 0.25) is 0 Å². The molecule has 2 aromatic heterocycles. The molecule has 210 valence electrons. The second-order valence-electron chi connectivity index (χ2n) is 10.3. The summed E-state index contributed by atoms with van der Waals surface area (Å²) in [6.45, 7) is 3.75. The molecule has 0 spiro atoms. The summed E-state index contributed by atoms with van der Waals surface area (Å²) in [5, 5.41) is 12.8. The Morgan fingerprint density at radius 3 is 2.61 bits per heavy atom. The number of anilines is 1. The third-order valence-corrected chi connectivity index (χ3v) is 8.03. The van der Waals surface area contributed by atoms with Crippen molar-refractivity contribution in [2.75, 3.05) is 58.6 Å². The van der Waals surface area contributed by atoms with E-state index in [9.17, 15) is 4.79 Å². The zero-order valence-corrected chi connectivity index (χ0v) is 22.9. The molecule has 3 aliphatic heterocycles. The number of carbonyl (C=O) groups excluding carboxylic acids is 1. The van der Waals surface area contributed by atoms with E-state index in [0.29, 0.717) is 41.7 Å². The summed E-state index contributed by atoms with van der Waals surface area (Å²) in [6.07, 6.45) is 2.63. The van der Waals surface area contributed by atoms with Crippen LogP contribution in [0.5, 0.6) is 17.2 Å². The van der Waals surface area contributed by atoms with Gasteiger partial charge < -0.3 is 24.0 Å². The monoisotopic (exact) mass is 554 g/mol. The molecule has 2 aromatic carbocycles. The van der Waals surface area contributed by atoms with Crippen molar-refractivity contribution in [3.63, 3.8) is 0 Å². The fraction of sp³-hybridized carbons (Fsp3) is 0.345. The van der Waals surface area contributed by atoms with E-state index in [2.05, 4.69) is 30.3 Å². The van der Waals surface area contributed by atoms with Gasteiger partial charge in [0.2, 0.25) is 12.5 Å². The summed E-state index contributed by atoms with van der Waals surface area (Å²) in [7, 11) is 3.69. The van der Waals surface area contributed by atoms with Crippen LogP contribution in [-0.4, -0.2) is 94.6 Å². The molecule has 0 N–H and O–H groups in total. The quantitative estimate of drug-likeness (QED) is 0.365. The molecule has 4 aromatic rings. The number of hydrogen-bond donors (Lipinski definition) is 0. The predicted octanol–water partition coefficient (Wildman–Crippen LogP) is 2.33. The van der Waals surface area contributed by atoms with Crippen LogP contribution in [0.3, 0.4) is 0 Å². The highest BCUT2D eigenvalue weighted by Gasteiger charge is 2.38. The Balaban J connectivity index is 1.13. The van der Waals surface area contributed by atoms with Crippen LogP contribution in [0.4, 0.5) is 5.82 Å². The summed E-state index contributed by atoms with van der Waals surface area (Å²) in [5.41, 5.74) is 3.48. The van der Waals surface area contributed by atoms with Gasteiger partial charge in [0.25, 0.3) is 5.91 Å². The maximum atomic E-state index is 13.3. The molecule has 0 aliphatic carbocycles. The summed E-state index contributed by atoms with van der Waals surface area (Å²) in [6, 6.07) is 15.1. The van der Waals surface area contributed by atoms with Gasteiger partial charge in [0.1, 0.15) is 11.9 Å². The number of benzene rings is 2. The minimum absolute atomic E-state index is 0.0101. The maximum absolute atomic E-state index is 13.3. The topological polar surface area (TPSA) is 111 Å². The molecule has 3 aliphatic rings. The SMILES string of the molecule is COc1c2c(cc3c1[C@@H](c1nnnn1-c1ccc(C(=O)N4CCN(c5ccccn5)CC4)cc1)N(C)CC3)OCO2. The van der Waals surface area contributed by atoms with Crippen molar-refractivity contribution in [2.45, 2.75) is 12.5 Å². The number of amides is 1. The molecule has 12 heteroatoms. The largest absolute Gasteiger partial charge is 0.492 e. The number of pyridine rings is 1. The van der Waals surface area contributed by atoms with E-state index in [1.54, 1.807) is 18.0 Å². The van der Waals surface area contributed by atoms with Gasteiger partial charge >= 0.3 is 0 Å². The van der Waals surface area contributed by atoms with Gasteiger partial charge in [-0.25, -0.2) is 4.98 Å². The van der Waals surface area contributed by atoms with Gasteiger partial charge in [-0.05, 0) is 71.9 Å². The van der Waals surface area contributed by atoms with Crippen molar-refractivity contribution < 1.29 is 19.0 Å². The summed E-state index contributed by atoms with van der Waals surface area (Å²) < 4.78 is 19.0. The molecule has 1 atom stereocenters. The number of ether oxygens (including phenoxy) is 3. The fourth-order valence-corrected chi connectivity index (χ4v) is 5.91. The highest BCUT2D eigenvalue weighted by Crippen LogP contribution is 2.50. The zero-order chi connectivity index (χ0) is 27.9. The Hall–Kier alpha value is -4.71. The number of methoxy groups -OCH3 is 1. The molecule has 0 saturated carbocycles. The Morgan fingerprint density at radius 2 is 1.85 bits per heavy atom. The van der Waals surface area contributed by atoms with Crippen molar-refractivity contribution in [3.05, 3.63) is 77.2 Å². The van der Waals surface area contributed by atoms with E-state index in [1.807, 2.05) is 60.5 Å². The molecule has 1 fully saturated rings. The third-order valence-electron chi connectivity index (χ3n) is 8.03. The molecular weight excluding hydrogens is 524 g/mol. The average molecular weight is 555 g/mol. The number of fused-ring (bicyclic) bond motifs is 2. The smallest absolute Gasteiger partial charge is 0.253 e. The van der Waals surface area contributed by atoms with E-state index in [0.717, 1.165) is 48.7 Å². The van der Waals surface area contributed by atoms with Crippen LogP contribution in [0, 0.1) is 0 Å². The van der Waals surface area contributed by atoms with Crippen molar-refractivity contribution >= 4 is 11.7 Å². The number of piperazine rings is 1. The first-order valence-electron chi connectivity index (χ1n) is 13.7. The molecular formula is C29H30N8O4. The number of likely N-dealkylation sites (N-methyl/N-ethyl adjacent to an activating group) is 1. The van der Waals surface area contributed by atoms with Gasteiger partial charge in [-0.2, -0.15) is 4.68 Å². The lowest BCUT2D eigenvalue weighted by atomic mass is 9.90. The third kappa shape index (κ3) is 4.40. The number of tetrazole rings is 1. The van der Waals surface area contributed by atoms with Crippen molar-refractivity contribution in [3.8, 4) is 22.9 Å². The highest BCUT2D eigenvalue weighted by atomic mass is 16.7. The van der Waals surface area contributed by atoms with Gasteiger partial charge in [0.15, 0.2) is 17.3 Å². The number of rotatable bonds is 5. The molecule has 12 nitrogen and oxygen atoms in total. The fourth-order valence-electron chi connectivity index (χ4n) is 5.91. The van der Waals surface area contributed by atoms with Crippen molar-refractivity contribution in [2.24, 2.45) is 0 Å². The van der Waals surface area contributed by atoms with E-state index in [1.165, 1.54) is 0 Å². The highest BCUT2D eigenvalue weighted by molar-refractivity contribution is 5.94. The lowest BCUT2D eigenvalue weighted by Gasteiger charge is -2.35. The van der Waals surface area contributed by atoms with Crippen LogP contribution in [0.1, 0.15) is 33.4 Å². The minimum Gasteiger partial charge on any atom is -0.492 e. The predicted molar refractivity (Wildman–Crippen MR) is 149 cm³/mol. The second-order valence-corrected chi connectivity index (χ2v) is 10.3. The standard InChI is InChI=1S/C29H30N8O4/c1-34-12-10-20-17-22-26(41-18-40-22)27(39-2)24(20)25(34)28-31-32-33-37(28)21-8-6-19(7-9-21)29(38)36-15-13-35(14-16-36)23-5-3-4-11-30-23/h3-9,11,17,25H,10,12-16,18H2,1-2H3/t25-/m0/s1. The number of carbonyl (C=O) groups is 1. The number of nitrogens with zero attached hydrogens (tertiary/aromatic N) is 8. The molecule has 0 bridgehead atoms. The zero-order valence-electron chi connectivity index (χ0n) is 22.9. The van der Waals surface area contributed by atoms with Gasteiger partial charge in [-0.3, -0.25) is 9.69 Å². The van der Waals surface area contributed by atoms with E-state index in [-0.39, 0.29) is 18.7 Å². The average Bonchev–Trinajstić information content (AvgIpc) is 3.70. The van der Waals surface area contributed by atoms with Gasteiger partial charge in [-0.15, -0.1) is 5.10 Å². The first kappa shape index (κ1) is 25.3. The lowest BCUT2D eigenvalue weighted by molar-refractivity contribution is 0.0746. The van der Waals surface area contributed by atoms with E-state index in [4.69, 9.17) is 14.2 Å². The van der Waals surface area contributed by atoms with E-state index >= 15 is 0 Å². The van der Waals surface area contributed by atoms with Gasteiger partial charge in [0.05, 0.1) is 12.8 Å². The van der Waals surface area contributed by atoms with Crippen molar-refractivity contribution in [1.29, 1.82) is 0 Å². The molecule has 5 heterocycles. The van der Waals surface area contributed by atoms with Crippen LogP contribution in [0.25, 0.3) is 5.69 Å². The maximum Gasteiger partial charge on any atom is 0.253 e. The number of aromatic nitrogens is 5. The summed E-state index contributed by atoms with van der Waals surface area (Å²) >= 11 is 0. The number of hydrogen-bond acceptors (Lipinski definition) is 10. The van der Waals surface area contributed by atoms with Crippen LogP contribution in [-0.2, 0) is 6.42 Å². The van der Waals surface area contributed by atoms with Crippen molar-refractivity contribution in [1.82, 2.24) is 35.0 Å². The van der Waals surface area contributed by atoms with E-state index < -0.39 is 0 Å². The Labute approximate surface area is 237 Å². The summed E-state index contributed by atoms with van der Waals surface area (Å²) in [5.74, 6) is 3.54. The molecule has 7 rings (SSSR count). The molecule has 41 heavy (non-hydrogen) atoms. The minimum atomic E-state index is -0.269. The van der Waals surface area contributed by atoms with Crippen LogP contribution in [0.15, 0.2) is 54.7 Å². The Morgan fingerprint density at radius 1 is 1.02 bits per heavy atom. The normalized spacial score (nSPS) is 18.3. The van der Waals surface area contributed by atoms with Gasteiger partial charge in [-0.1, -0.05) is 6.07 Å². The molecule has 0 unspecified atom stereocenters. The second kappa shape index (κ2) is 10.4. The Kier molecular flexibility index (Phi) is 6.38. The lowest BCUT2D eigenvalue weighted by Crippen LogP contribution is -2.49. The molecule has 1 saturated heterocycles. The van der Waals surface area contributed by atoms with Crippen LogP contribution < -0.4 is 19.1 Å². The molecule has 0 radical (unpaired) electrons. The summed E-state index contributed by atoms with van der Waals surface area (Å²) in [4.78, 5) is 24.0. The molecule has 1 amide bonds. The first-order valence-corrected chi connectivity index (χ1v) is 13.7. The van der Waals surface area contributed by atoms with Crippen LogP contribution >= 0.6 is 0 Å². The Bertz CT molecular complexity index is 1570. The van der Waals surface area contributed by atoms with Gasteiger partial charge in [0, 0.05) is 50.0 Å². The first-order chi connectivity index (χ1) is 20.1.